The molecule has 5 nitrogen and oxygen atoms in total. The fourth-order valence-corrected chi connectivity index (χ4v) is 3.52. The zero-order valence-electron chi connectivity index (χ0n) is 15.8. The van der Waals surface area contributed by atoms with Crippen molar-refractivity contribution in [3.05, 3.63) is 108 Å². The molecule has 0 aliphatic carbocycles. The van der Waals surface area contributed by atoms with E-state index in [9.17, 15) is 9.59 Å². The Morgan fingerprint density at radius 3 is 2.03 bits per heavy atom. The lowest BCUT2D eigenvalue weighted by Gasteiger charge is -2.40. The number of hydrogen-bond acceptors (Lipinski definition) is 4. The van der Waals surface area contributed by atoms with Crippen molar-refractivity contribution in [3.63, 3.8) is 0 Å². The molecule has 0 N–H and O–H groups in total. The third-order valence-electron chi connectivity index (χ3n) is 4.89. The largest absolute Gasteiger partial charge is 0.454 e. The van der Waals surface area contributed by atoms with Gasteiger partial charge in [0.1, 0.15) is 19.2 Å². The van der Waals surface area contributed by atoms with Crippen LogP contribution in [0, 0.1) is 0 Å². The number of nitrogens with zero attached hydrogens (tertiary/aromatic N) is 1. The fourth-order valence-electron chi connectivity index (χ4n) is 3.52. The molecule has 5 heteroatoms. The number of cyclic esters (lactones) is 1. The summed E-state index contributed by atoms with van der Waals surface area (Å²) in [4.78, 5) is 26.8. The van der Waals surface area contributed by atoms with Crippen molar-refractivity contribution in [2.75, 3.05) is 6.54 Å². The van der Waals surface area contributed by atoms with Crippen molar-refractivity contribution >= 4 is 12.1 Å². The quantitative estimate of drug-likeness (QED) is 0.611. The standard InChI is InChI=1S/C24H21NO4/c26-21-16-25(24(27)28-17-18-10-4-1-5-11-18)22(19-12-6-2-7-13-19)23(29-21)20-14-8-3-9-15-20/h1-15,22-23H,16-17H2/t22-,23?/m0/s1. The lowest BCUT2D eigenvalue weighted by Crippen LogP contribution is -2.47. The summed E-state index contributed by atoms with van der Waals surface area (Å²) in [5.74, 6) is -0.456. The molecule has 1 aliphatic heterocycles. The summed E-state index contributed by atoms with van der Waals surface area (Å²) in [5, 5.41) is 0. The summed E-state index contributed by atoms with van der Waals surface area (Å²) in [6.07, 6.45) is -1.15. The minimum atomic E-state index is -0.607. The lowest BCUT2D eigenvalue weighted by molar-refractivity contribution is -0.164. The molecular formula is C24H21NO4. The molecule has 1 amide bonds. The molecule has 1 heterocycles. The van der Waals surface area contributed by atoms with Crippen LogP contribution in [0.4, 0.5) is 4.79 Å². The van der Waals surface area contributed by atoms with Crippen LogP contribution in [0.2, 0.25) is 0 Å². The molecule has 3 aromatic carbocycles. The first-order valence-electron chi connectivity index (χ1n) is 9.49. The third-order valence-corrected chi connectivity index (χ3v) is 4.89. The van der Waals surface area contributed by atoms with E-state index in [0.29, 0.717) is 0 Å². The molecule has 146 valence electrons. The Morgan fingerprint density at radius 1 is 0.862 bits per heavy atom. The first-order chi connectivity index (χ1) is 14.2. The van der Waals surface area contributed by atoms with E-state index in [1.165, 1.54) is 4.90 Å². The van der Waals surface area contributed by atoms with Crippen molar-refractivity contribution in [3.8, 4) is 0 Å². The number of rotatable bonds is 4. The van der Waals surface area contributed by atoms with Crippen LogP contribution in [0.3, 0.4) is 0 Å². The Labute approximate surface area is 169 Å². The number of ether oxygens (including phenoxy) is 2. The van der Waals surface area contributed by atoms with E-state index in [-0.39, 0.29) is 13.2 Å². The molecule has 2 atom stereocenters. The molecule has 1 unspecified atom stereocenters. The summed E-state index contributed by atoms with van der Waals surface area (Å²) < 4.78 is 11.2. The van der Waals surface area contributed by atoms with E-state index < -0.39 is 24.2 Å². The van der Waals surface area contributed by atoms with Crippen molar-refractivity contribution in [1.29, 1.82) is 0 Å². The molecule has 29 heavy (non-hydrogen) atoms. The maximum absolute atomic E-state index is 13.0. The molecule has 0 spiro atoms. The second-order valence-corrected chi connectivity index (χ2v) is 6.84. The predicted molar refractivity (Wildman–Crippen MR) is 108 cm³/mol. The molecule has 0 saturated carbocycles. The normalized spacial score (nSPS) is 18.8. The summed E-state index contributed by atoms with van der Waals surface area (Å²) >= 11 is 0. The Bertz CT molecular complexity index is 960. The number of hydrogen-bond donors (Lipinski definition) is 0. The van der Waals surface area contributed by atoms with E-state index in [1.807, 2.05) is 91.0 Å². The van der Waals surface area contributed by atoms with E-state index in [2.05, 4.69) is 0 Å². The van der Waals surface area contributed by atoms with Gasteiger partial charge < -0.3 is 9.47 Å². The van der Waals surface area contributed by atoms with E-state index in [4.69, 9.17) is 9.47 Å². The van der Waals surface area contributed by atoms with E-state index >= 15 is 0 Å². The second-order valence-electron chi connectivity index (χ2n) is 6.84. The van der Waals surface area contributed by atoms with Gasteiger partial charge in [-0.05, 0) is 16.7 Å². The van der Waals surface area contributed by atoms with Crippen LogP contribution in [0.5, 0.6) is 0 Å². The van der Waals surface area contributed by atoms with Gasteiger partial charge in [0.05, 0.1) is 0 Å². The SMILES string of the molecule is O=C1CN(C(=O)OCc2ccccc2)[C@@H](c2ccccc2)C(c2ccccc2)O1. The summed E-state index contributed by atoms with van der Waals surface area (Å²) in [5.41, 5.74) is 2.59. The number of carbonyl (C=O) groups excluding carboxylic acids is 2. The first kappa shape index (κ1) is 18.7. The molecule has 1 fully saturated rings. The van der Waals surface area contributed by atoms with Crippen molar-refractivity contribution < 1.29 is 19.1 Å². The molecule has 3 aromatic rings. The predicted octanol–water partition coefficient (Wildman–Crippen LogP) is 4.66. The van der Waals surface area contributed by atoms with Crippen molar-refractivity contribution in [2.24, 2.45) is 0 Å². The number of morpholine rings is 1. The highest BCUT2D eigenvalue weighted by Gasteiger charge is 2.42. The summed E-state index contributed by atoms with van der Waals surface area (Å²) in [7, 11) is 0. The van der Waals surface area contributed by atoms with E-state index in [0.717, 1.165) is 16.7 Å². The Balaban J connectivity index is 1.64. The van der Waals surface area contributed by atoms with Crippen molar-refractivity contribution in [2.45, 2.75) is 18.8 Å². The minimum Gasteiger partial charge on any atom is -0.454 e. The molecule has 0 radical (unpaired) electrons. The van der Waals surface area contributed by atoms with Gasteiger partial charge in [-0.25, -0.2) is 4.79 Å². The van der Waals surface area contributed by atoms with Crippen LogP contribution in [-0.2, 0) is 20.9 Å². The van der Waals surface area contributed by atoms with Gasteiger partial charge in [-0.1, -0.05) is 91.0 Å². The Hall–Kier alpha value is -3.60. The zero-order chi connectivity index (χ0) is 20.1. The number of esters is 1. The topological polar surface area (TPSA) is 55.8 Å². The van der Waals surface area contributed by atoms with Crippen LogP contribution in [0.15, 0.2) is 91.0 Å². The molecule has 4 rings (SSSR count). The Kier molecular flexibility index (Phi) is 5.56. The van der Waals surface area contributed by atoms with Gasteiger partial charge in [-0.2, -0.15) is 0 Å². The number of benzene rings is 3. The van der Waals surface area contributed by atoms with Crippen molar-refractivity contribution in [1.82, 2.24) is 4.90 Å². The number of carbonyl (C=O) groups is 2. The molecule has 0 aromatic heterocycles. The summed E-state index contributed by atoms with van der Waals surface area (Å²) in [6.45, 7) is -0.0146. The van der Waals surface area contributed by atoms with Gasteiger partial charge in [0.25, 0.3) is 0 Å². The van der Waals surface area contributed by atoms with Crippen LogP contribution in [-0.4, -0.2) is 23.5 Å². The average Bonchev–Trinajstić information content (AvgIpc) is 2.78. The zero-order valence-corrected chi connectivity index (χ0v) is 15.8. The maximum atomic E-state index is 13.0. The van der Waals surface area contributed by atoms with Gasteiger partial charge in [0, 0.05) is 0 Å². The highest BCUT2D eigenvalue weighted by Crippen LogP contribution is 2.40. The first-order valence-corrected chi connectivity index (χ1v) is 9.49. The smallest absolute Gasteiger partial charge is 0.411 e. The van der Waals surface area contributed by atoms with Gasteiger partial charge in [0.15, 0.2) is 6.10 Å². The molecular weight excluding hydrogens is 366 g/mol. The molecule has 0 bridgehead atoms. The average molecular weight is 387 g/mol. The van der Waals surface area contributed by atoms with Gasteiger partial charge in [0.2, 0.25) is 0 Å². The lowest BCUT2D eigenvalue weighted by atomic mass is 9.93. The van der Waals surface area contributed by atoms with Crippen LogP contribution < -0.4 is 0 Å². The van der Waals surface area contributed by atoms with Gasteiger partial charge in [-0.15, -0.1) is 0 Å². The van der Waals surface area contributed by atoms with Gasteiger partial charge >= 0.3 is 12.1 Å². The molecule has 1 saturated heterocycles. The maximum Gasteiger partial charge on any atom is 0.411 e. The van der Waals surface area contributed by atoms with E-state index in [1.54, 1.807) is 0 Å². The van der Waals surface area contributed by atoms with Crippen LogP contribution >= 0.6 is 0 Å². The Morgan fingerprint density at radius 2 is 1.41 bits per heavy atom. The third kappa shape index (κ3) is 4.29. The fraction of sp³-hybridized carbons (Fsp3) is 0.167. The monoisotopic (exact) mass is 387 g/mol. The highest BCUT2D eigenvalue weighted by molar-refractivity contribution is 5.80. The van der Waals surface area contributed by atoms with Crippen LogP contribution in [0.1, 0.15) is 28.8 Å². The highest BCUT2D eigenvalue weighted by atomic mass is 16.6. The second kappa shape index (κ2) is 8.61. The van der Waals surface area contributed by atoms with Gasteiger partial charge in [-0.3, -0.25) is 9.69 Å². The minimum absolute atomic E-state index is 0.142. The number of amides is 1. The molecule has 1 aliphatic rings. The van der Waals surface area contributed by atoms with Crippen LogP contribution in [0.25, 0.3) is 0 Å². The summed E-state index contributed by atoms with van der Waals surface area (Å²) in [6, 6.07) is 28.0.